The van der Waals surface area contributed by atoms with Gasteiger partial charge in [-0.05, 0) is 50.5 Å². The maximum atomic E-state index is 13.4. The molecule has 0 unspecified atom stereocenters. The number of nitrogens with zero attached hydrogens (tertiary/aromatic N) is 3. The SMILES string of the molecule is CCOC(=O)C1=NN(c2ccc(F)cc2)[C@]2(N3CCOCC3)CCC[C@@H]12. The van der Waals surface area contributed by atoms with Crippen LogP contribution in [0.15, 0.2) is 29.4 Å². The molecule has 1 saturated carbocycles. The van der Waals surface area contributed by atoms with Gasteiger partial charge in [-0.1, -0.05) is 0 Å². The Kier molecular flexibility index (Phi) is 4.67. The number of fused-ring (bicyclic) bond motifs is 1. The first kappa shape index (κ1) is 17.4. The normalized spacial score (nSPS) is 28.8. The van der Waals surface area contributed by atoms with Crippen LogP contribution in [0.25, 0.3) is 0 Å². The number of halogens is 1. The molecule has 0 bridgehead atoms. The number of hydrazone groups is 1. The van der Waals surface area contributed by atoms with Gasteiger partial charge in [0.25, 0.3) is 0 Å². The Morgan fingerprint density at radius 1 is 1.35 bits per heavy atom. The number of rotatable bonds is 4. The zero-order valence-electron chi connectivity index (χ0n) is 15.0. The number of benzene rings is 1. The standard InChI is InChI=1S/C19H24FN3O3/c1-2-26-18(24)17-16-4-3-9-19(16,22-10-12-25-13-11-22)23(21-17)15-7-5-14(20)6-8-15/h5-8,16H,2-4,9-13H2,1H3/t16-,19+/m0/s1. The van der Waals surface area contributed by atoms with E-state index in [0.717, 1.165) is 38.0 Å². The third-order valence-corrected chi connectivity index (χ3v) is 5.61. The molecule has 2 heterocycles. The number of ether oxygens (including phenoxy) is 2. The molecule has 0 aromatic heterocycles. The smallest absolute Gasteiger partial charge is 0.354 e. The highest BCUT2D eigenvalue weighted by atomic mass is 19.1. The van der Waals surface area contributed by atoms with Crippen molar-refractivity contribution in [1.29, 1.82) is 0 Å². The molecule has 0 N–H and O–H groups in total. The van der Waals surface area contributed by atoms with E-state index in [1.165, 1.54) is 12.1 Å². The quantitative estimate of drug-likeness (QED) is 0.771. The van der Waals surface area contributed by atoms with Crippen molar-refractivity contribution in [3.05, 3.63) is 30.1 Å². The van der Waals surface area contributed by atoms with E-state index < -0.39 is 5.66 Å². The van der Waals surface area contributed by atoms with E-state index in [4.69, 9.17) is 14.6 Å². The summed E-state index contributed by atoms with van der Waals surface area (Å²) in [7, 11) is 0. The van der Waals surface area contributed by atoms with Gasteiger partial charge in [0, 0.05) is 19.0 Å². The van der Waals surface area contributed by atoms with Crippen molar-refractivity contribution in [2.45, 2.75) is 31.8 Å². The van der Waals surface area contributed by atoms with Crippen molar-refractivity contribution in [2.24, 2.45) is 11.0 Å². The Labute approximate surface area is 152 Å². The highest BCUT2D eigenvalue weighted by Crippen LogP contribution is 2.50. The molecule has 1 aliphatic carbocycles. The second kappa shape index (κ2) is 6.96. The zero-order valence-corrected chi connectivity index (χ0v) is 15.0. The van der Waals surface area contributed by atoms with Crippen LogP contribution in [0.2, 0.25) is 0 Å². The largest absolute Gasteiger partial charge is 0.461 e. The van der Waals surface area contributed by atoms with E-state index in [-0.39, 0.29) is 17.7 Å². The summed E-state index contributed by atoms with van der Waals surface area (Å²) >= 11 is 0. The van der Waals surface area contributed by atoms with Crippen LogP contribution in [0.1, 0.15) is 26.2 Å². The molecule has 6 nitrogen and oxygen atoms in total. The molecule has 2 atom stereocenters. The maximum absolute atomic E-state index is 13.4. The molecule has 7 heteroatoms. The summed E-state index contributed by atoms with van der Waals surface area (Å²) in [5, 5.41) is 6.64. The highest BCUT2D eigenvalue weighted by molar-refractivity contribution is 6.38. The molecule has 2 aliphatic heterocycles. The third-order valence-electron chi connectivity index (χ3n) is 5.61. The monoisotopic (exact) mass is 361 g/mol. The summed E-state index contributed by atoms with van der Waals surface area (Å²) < 4.78 is 24.2. The number of carbonyl (C=O) groups is 1. The summed E-state index contributed by atoms with van der Waals surface area (Å²) in [6.07, 6.45) is 2.81. The van der Waals surface area contributed by atoms with Gasteiger partial charge in [0.2, 0.25) is 0 Å². The Hall–Kier alpha value is -1.99. The highest BCUT2D eigenvalue weighted by Gasteiger charge is 2.59. The minimum absolute atomic E-state index is 0.00953. The average molecular weight is 361 g/mol. The Morgan fingerprint density at radius 2 is 2.08 bits per heavy atom. The maximum Gasteiger partial charge on any atom is 0.354 e. The van der Waals surface area contributed by atoms with E-state index in [9.17, 15) is 9.18 Å². The molecule has 0 amide bonds. The van der Waals surface area contributed by atoms with Crippen LogP contribution in [0.4, 0.5) is 10.1 Å². The first-order valence-electron chi connectivity index (χ1n) is 9.31. The van der Waals surface area contributed by atoms with E-state index in [1.54, 1.807) is 19.1 Å². The average Bonchev–Trinajstić information content (AvgIpc) is 3.22. The first-order valence-corrected chi connectivity index (χ1v) is 9.31. The van der Waals surface area contributed by atoms with Gasteiger partial charge < -0.3 is 9.47 Å². The van der Waals surface area contributed by atoms with E-state index in [2.05, 4.69) is 4.90 Å². The van der Waals surface area contributed by atoms with Gasteiger partial charge in [-0.3, -0.25) is 4.90 Å². The molecule has 140 valence electrons. The topological polar surface area (TPSA) is 54.4 Å². The van der Waals surface area contributed by atoms with Gasteiger partial charge in [-0.2, -0.15) is 5.10 Å². The lowest BCUT2D eigenvalue weighted by Crippen LogP contribution is -2.62. The molecular weight excluding hydrogens is 337 g/mol. The molecule has 3 aliphatic rings. The van der Waals surface area contributed by atoms with Crippen molar-refractivity contribution in [2.75, 3.05) is 37.9 Å². The summed E-state index contributed by atoms with van der Waals surface area (Å²) in [4.78, 5) is 14.9. The first-order chi connectivity index (χ1) is 12.7. The van der Waals surface area contributed by atoms with Crippen LogP contribution >= 0.6 is 0 Å². The number of carbonyl (C=O) groups excluding carboxylic acids is 1. The van der Waals surface area contributed by atoms with Gasteiger partial charge >= 0.3 is 5.97 Å². The predicted octanol–water partition coefficient (Wildman–Crippen LogP) is 2.39. The third kappa shape index (κ3) is 2.70. The van der Waals surface area contributed by atoms with Gasteiger partial charge in [-0.25, -0.2) is 14.2 Å². The molecule has 2 fully saturated rings. The van der Waals surface area contributed by atoms with Crippen molar-refractivity contribution >= 4 is 17.4 Å². The second-order valence-corrected chi connectivity index (χ2v) is 6.92. The van der Waals surface area contributed by atoms with E-state index in [0.29, 0.717) is 25.5 Å². The number of hydrogen-bond donors (Lipinski definition) is 0. The lowest BCUT2D eigenvalue weighted by Gasteiger charge is -2.48. The van der Waals surface area contributed by atoms with Crippen LogP contribution in [-0.4, -0.2) is 55.2 Å². The molecule has 1 aromatic rings. The molecule has 0 spiro atoms. The molecule has 1 aromatic carbocycles. The minimum Gasteiger partial charge on any atom is -0.461 e. The van der Waals surface area contributed by atoms with Crippen LogP contribution in [0, 0.1) is 11.7 Å². The fourth-order valence-corrected chi connectivity index (χ4v) is 4.56. The van der Waals surface area contributed by atoms with Crippen molar-refractivity contribution in [3.8, 4) is 0 Å². The fourth-order valence-electron chi connectivity index (χ4n) is 4.56. The molecule has 26 heavy (non-hydrogen) atoms. The fraction of sp³-hybridized carbons (Fsp3) is 0.579. The van der Waals surface area contributed by atoms with Crippen LogP contribution in [0.3, 0.4) is 0 Å². The summed E-state index contributed by atoms with van der Waals surface area (Å²) in [6.45, 7) is 5.04. The number of hydrogen-bond acceptors (Lipinski definition) is 6. The summed E-state index contributed by atoms with van der Waals surface area (Å²) in [5.74, 6) is -0.641. The van der Waals surface area contributed by atoms with Crippen LogP contribution in [-0.2, 0) is 14.3 Å². The molecule has 1 saturated heterocycles. The molecular formula is C19H24FN3O3. The predicted molar refractivity (Wildman–Crippen MR) is 95.4 cm³/mol. The summed E-state index contributed by atoms with van der Waals surface area (Å²) in [5.41, 5.74) is 0.883. The lowest BCUT2D eigenvalue weighted by atomic mass is 9.89. The van der Waals surface area contributed by atoms with Crippen LogP contribution < -0.4 is 5.01 Å². The zero-order chi connectivity index (χ0) is 18.1. The molecule has 4 rings (SSSR count). The number of morpholine rings is 1. The van der Waals surface area contributed by atoms with Gasteiger partial charge in [-0.15, -0.1) is 0 Å². The van der Waals surface area contributed by atoms with E-state index in [1.807, 2.05) is 5.01 Å². The Bertz CT molecular complexity index is 702. The Balaban J connectivity index is 1.77. The van der Waals surface area contributed by atoms with E-state index >= 15 is 0 Å². The Morgan fingerprint density at radius 3 is 2.77 bits per heavy atom. The van der Waals surface area contributed by atoms with Gasteiger partial charge in [0.15, 0.2) is 5.71 Å². The minimum atomic E-state index is -0.399. The lowest BCUT2D eigenvalue weighted by molar-refractivity contribution is -0.135. The van der Waals surface area contributed by atoms with Crippen LogP contribution in [0.5, 0.6) is 0 Å². The number of anilines is 1. The second-order valence-electron chi connectivity index (χ2n) is 6.92. The van der Waals surface area contributed by atoms with Gasteiger partial charge in [0.05, 0.1) is 25.5 Å². The molecule has 0 radical (unpaired) electrons. The van der Waals surface area contributed by atoms with Crippen molar-refractivity contribution < 1.29 is 18.7 Å². The van der Waals surface area contributed by atoms with Crippen molar-refractivity contribution in [3.63, 3.8) is 0 Å². The number of esters is 1. The van der Waals surface area contributed by atoms with Gasteiger partial charge in [0.1, 0.15) is 11.5 Å². The van der Waals surface area contributed by atoms with Crippen molar-refractivity contribution in [1.82, 2.24) is 4.90 Å². The summed E-state index contributed by atoms with van der Waals surface area (Å²) in [6, 6.07) is 6.32.